The van der Waals surface area contributed by atoms with E-state index in [0.29, 0.717) is 11.4 Å². The van der Waals surface area contributed by atoms with Gasteiger partial charge in [0.05, 0.1) is 0 Å². The Morgan fingerprint density at radius 1 is 1.47 bits per heavy atom. The lowest BCUT2D eigenvalue weighted by Gasteiger charge is -2.38. The molecular formula is C10H18N4S. The second kappa shape index (κ2) is 3.96. The Morgan fingerprint density at radius 3 is 2.60 bits per heavy atom. The van der Waals surface area contributed by atoms with Crippen LogP contribution in [0.15, 0.2) is 0 Å². The topological polar surface area (TPSA) is 55.0 Å². The zero-order chi connectivity index (χ0) is 10.9. The molecule has 1 saturated heterocycles. The molecule has 0 saturated carbocycles. The fourth-order valence-electron chi connectivity index (χ4n) is 1.95. The Kier molecular flexibility index (Phi) is 2.82. The van der Waals surface area contributed by atoms with E-state index in [1.807, 2.05) is 0 Å². The predicted octanol–water partition coefficient (Wildman–Crippen LogP) is 2.14. The van der Waals surface area contributed by atoms with Crippen LogP contribution in [0.5, 0.6) is 0 Å². The Labute approximate surface area is 94.7 Å². The van der Waals surface area contributed by atoms with Gasteiger partial charge in [-0.1, -0.05) is 20.3 Å². The van der Waals surface area contributed by atoms with Crippen LogP contribution in [0, 0.1) is 5.41 Å². The molecule has 0 amide bonds. The number of rotatable bonds is 2. The number of hydrogen-bond donors (Lipinski definition) is 1. The summed E-state index contributed by atoms with van der Waals surface area (Å²) in [6.07, 6.45) is 3.74. The summed E-state index contributed by atoms with van der Waals surface area (Å²) in [7, 11) is 0. The molecule has 84 valence electrons. The second-order valence-electron chi connectivity index (χ2n) is 4.59. The van der Waals surface area contributed by atoms with E-state index < -0.39 is 0 Å². The summed E-state index contributed by atoms with van der Waals surface area (Å²) in [5.74, 6) is 0.402. The van der Waals surface area contributed by atoms with Gasteiger partial charge in [-0.3, -0.25) is 0 Å². The molecule has 2 heterocycles. The summed E-state index contributed by atoms with van der Waals surface area (Å²) >= 11 is 1.40. The average Bonchev–Trinajstić information content (AvgIpc) is 2.66. The van der Waals surface area contributed by atoms with Gasteiger partial charge in [-0.2, -0.15) is 9.36 Å². The van der Waals surface area contributed by atoms with E-state index in [9.17, 15) is 0 Å². The summed E-state index contributed by atoms with van der Waals surface area (Å²) in [6, 6.07) is 0. The molecule has 0 bridgehead atoms. The van der Waals surface area contributed by atoms with Gasteiger partial charge in [0.1, 0.15) is 0 Å². The first-order valence-corrected chi connectivity index (χ1v) is 6.24. The van der Waals surface area contributed by atoms with Crippen LogP contribution in [0.1, 0.15) is 33.1 Å². The van der Waals surface area contributed by atoms with Gasteiger partial charge in [0, 0.05) is 24.6 Å². The third-order valence-electron chi connectivity index (χ3n) is 3.53. The molecule has 2 rings (SSSR count). The Bertz CT molecular complexity index is 328. The molecule has 0 unspecified atom stereocenters. The van der Waals surface area contributed by atoms with Gasteiger partial charge in [-0.15, -0.1) is 0 Å². The molecule has 5 heteroatoms. The highest BCUT2D eigenvalue weighted by atomic mass is 32.1. The maximum absolute atomic E-state index is 5.53. The maximum Gasteiger partial charge on any atom is 0.233 e. The number of aromatic nitrogens is 2. The Morgan fingerprint density at radius 2 is 2.13 bits per heavy atom. The first kappa shape index (κ1) is 10.7. The molecule has 0 atom stereocenters. The van der Waals surface area contributed by atoms with E-state index in [0.717, 1.165) is 18.2 Å². The molecular weight excluding hydrogens is 208 g/mol. The van der Waals surface area contributed by atoms with Crippen LogP contribution in [0.3, 0.4) is 0 Å². The second-order valence-corrected chi connectivity index (χ2v) is 5.32. The highest BCUT2D eigenvalue weighted by Crippen LogP contribution is 2.35. The highest BCUT2D eigenvalue weighted by molar-refractivity contribution is 7.09. The molecule has 0 aliphatic carbocycles. The van der Waals surface area contributed by atoms with Gasteiger partial charge in [-0.25, -0.2) is 0 Å². The lowest BCUT2D eigenvalue weighted by Crippen LogP contribution is -2.38. The SMILES string of the molecule is CCC1(C)CCN(c2nc(N)ns2)CC1. The summed E-state index contributed by atoms with van der Waals surface area (Å²) in [4.78, 5) is 6.52. The molecule has 0 spiro atoms. The number of hydrogen-bond acceptors (Lipinski definition) is 5. The number of anilines is 2. The van der Waals surface area contributed by atoms with E-state index in [4.69, 9.17) is 5.73 Å². The minimum Gasteiger partial charge on any atom is -0.367 e. The smallest absolute Gasteiger partial charge is 0.233 e. The molecule has 0 radical (unpaired) electrons. The van der Waals surface area contributed by atoms with E-state index >= 15 is 0 Å². The third-order valence-corrected chi connectivity index (χ3v) is 4.32. The van der Waals surface area contributed by atoms with Crippen molar-refractivity contribution < 1.29 is 0 Å². The van der Waals surface area contributed by atoms with Gasteiger partial charge in [0.2, 0.25) is 11.1 Å². The average molecular weight is 226 g/mol. The van der Waals surface area contributed by atoms with Gasteiger partial charge >= 0.3 is 0 Å². The van der Waals surface area contributed by atoms with Gasteiger partial charge in [0.15, 0.2) is 0 Å². The molecule has 0 aromatic carbocycles. The minimum atomic E-state index is 0.402. The standard InChI is InChI=1S/C10H18N4S/c1-3-10(2)4-6-14(7-5-10)9-12-8(11)13-15-9/h3-7H2,1-2H3,(H2,11,13). The highest BCUT2D eigenvalue weighted by Gasteiger charge is 2.29. The minimum absolute atomic E-state index is 0.402. The van der Waals surface area contributed by atoms with E-state index in [2.05, 4.69) is 28.1 Å². The van der Waals surface area contributed by atoms with Crippen LogP contribution >= 0.6 is 11.5 Å². The van der Waals surface area contributed by atoms with Crippen molar-refractivity contribution in [1.29, 1.82) is 0 Å². The zero-order valence-electron chi connectivity index (χ0n) is 9.36. The van der Waals surface area contributed by atoms with Crippen molar-refractivity contribution in [1.82, 2.24) is 9.36 Å². The molecule has 2 N–H and O–H groups in total. The van der Waals surface area contributed by atoms with Crippen LogP contribution in [-0.2, 0) is 0 Å². The summed E-state index contributed by atoms with van der Waals surface area (Å²) in [5.41, 5.74) is 6.05. The monoisotopic (exact) mass is 226 g/mol. The quantitative estimate of drug-likeness (QED) is 0.839. The molecule has 1 aromatic heterocycles. The van der Waals surface area contributed by atoms with Gasteiger partial charge < -0.3 is 10.6 Å². The van der Waals surface area contributed by atoms with Crippen molar-refractivity contribution in [3.8, 4) is 0 Å². The number of nitrogens with zero attached hydrogens (tertiary/aromatic N) is 3. The molecule has 4 nitrogen and oxygen atoms in total. The molecule has 1 aromatic rings. The molecule has 15 heavy (non-hydrogen) atoms. The Hall–Kier alpha value is -0.840. The van der Waals surface area contributed by atoms with Gasteiger partial charge in [-0.05, 0) is 18.3 Å². The number of nitrogen functional groups attached to an aromatic ring is 1. The first-order chi connectivity index (χ1) is 7.13. The van der Waals surface area contributed by atoms with E-state index in [1.54, 1.807) is 0 Å². The van der Waals surface area contributed by atoms with Crippen molar-refractivity contribution in [2.24, 2.45) is 5.41 Å². The lowest BCUT2D eigenvalue weighted by molar-refractivity contribution is 0.238. The van der Waals surface area contributed by atoms with Crippen molar-refractivity contribution in [3.05, 3.63) is 0 Å². The van der Waals surface area contributed by atoms with Crippen LogP contribution < -0.4 is 10.6 Å². The van der Waals surface area contributed by atoms with E-state index in [-0.39, 0.29) is 0 Å². The Balaban J connectivity index is 1.99. The van der Waals surface area contributed by atoms with Crippen LogP contribution in [-0.4, -0.2) is 22.4 Å². The van der Waals surface area contributed by atoms with Crippen molar-refractivity contribution in [2.45, 2.75) is 33.1 Å². The maximum atomic E-state index is 5.53. The lowest BCUT2D eigenvalue weighted by atomic mass is 9.78. The number of piperidine rings is 1. The fraction of sp³-hybridized carbons (Fsp3) is 0.800. The van der Waals surface area contributed by atoms with Crippen molar-refractivity contribution >= 4 is 22.6 Å². The summed E-state index contributed by atoms with van der Waals surface area (Å²) in [5, 5.41) is 0.977. The third kappa shape index (κ3) is 2.22. The van der Waals surface area contributed by atoms with Crippen LogP contribution in [0.25, 0.3) is 0 Å². The van der Waals surface area contributed by atoms with E-state index in [1.165, 1.54) is 30.8 Å². The molecule has 1 aliphatic heterocycles. The number of nitrogens with two attached hydrogens (primary N) is 1. The van der Waals surface area contributed by atoms with Crippen molar-refractivity contribution in [2.75, 3.05) is 23.7 Å². The van der Waals surface area contributed by atoms with Crippen molar-refractivity contribution in [3.63, 3.8) is 0 Å². The first-order valence-electron chi connectivity index (χ1n) is 5.47. The fourth-order valence-corrected chi connectivity index (χ4v) is 2.59. The summed E-state index contributed by atoms with van der Waals surface area (Å²) in [6.45, 7) is 6.81. The van der Waals surface area contributed by atoms with Gasteiger partial charge in [0.25, 0.3) is 0 Å². The molecule has 1 fully saturated rings. The normalized spacial score (nSPS) is 20.5. The predicted molar refractivity (Wildman–Crippen MR) is 64.2 cm³/mol. The molecule has 1 aliphatic rings. The summed E-state index contributed by atoms with van der Waals surface area (Å²) < 4.78 is 4.01. The van der Waals surface area contributed by atoms with Crippen LogP contribution in [0.2, 0.25) is 0 Å². The van der Waals surface area contributed by atoms with Crippen LogP contribution in [0.4, 0.5) is 11.1 Å². The zero-order valence-corrected chi connectivity index (χ0v) is 10.2. The largest absolute Gasteiger partial charge is 0.367 e.